The van der Waals surface area contributed by atoms with E-state index in [0.717, 1.165) is 12.2 Å². The lowest BCUT2D eigenvalue weighted by molar-refractivity contribution is 0.568. The molecule has 2 aromatic rings. The molecule has 0 aliphatic heterocycles. The average molecular weight is 226 g/mol. The molecule has 2 nitrogen and oxygen atoms in total. The Morgan fingerprint density at radius 3 is 2.53 bits per heavy atom. The van der Waals surface area contributed by atoms with Crippen molar-refractivity contribution in [2.45, 2.75) is 26.4 Å². The van der Waals surface area contributed by atoms with E-state index in [2.05, 4.69) is 48.4 Å². The Morgan fingerprint density at radius 2 is 1.88 bits per heavy atom. The number of benzene rings is 1. The molecule has 17 heavy (non-hydrogen) atoms. The highest BCUT2D eigenvalue weighted by molar-refractivity contribution is 5.23. The van der Waals surface area contributed by atoms with Gasteiger partial charge in [-0.1, -0.05) is 35.9 Å². The Labute approximate surface area is 103 Å². The minimum Gasteiger partial charge on any atom is -0.305 e. The third kappa shape index (κ3) is 3.40. The molecule has 0 aliphatic carbocycles. The summed E-state index contributed by atoms with van der Waals surface area (Å²) >= 11 is 0. The van der Waals surface area contributed by atoms with Crippen LogP contribution in [0.25, 0.3) is 0 Å². The van der Waals surface area contributed by atoms with Crippen LogP contribution >= 0.6 is 0 Å². The van der Waals surface area contributed by atoms with E-state index >= 15 is 0 Å². The normalized spacial score (nSPS) is 12.4. The average Bonchev–Trinajstić information content (AvgIpc) is 2.38. The van der Waals surface area contributed by atoms with Crippen molar-refractivity contribution >= 4 is 0 Å². The number of nitrogens with zero attached hydrogens (tertiary/aromatic N) is 1. The number of rotatable bonds is 4. The first kappa shape index (κ1) is 11.8. The number of nitrogens with one attached hydrogen (secondary N) is 1. The van der Waals surface area contributed by atoms with E-state index in [0.29, 0.717) is 6.04 Å². The van der Waals surface area contributed by atoms with Crippen LogP contribution in [0.3, 0.4) is 0 Å². The molecule has 0 amide bonds. The van der Waals surface area contributed by atoms with Crippen LogP contribution in [0.2, 0.25) is 0 Å². The predicted octanol–water partition coefficient (Wildman–Crippen LogP) is 3.24. The highest BCUT2D eigenvalue weighted by atomic mass is 14.9. The molecule has 1 N–H and O–H groups in total. The summed E-state index contributed by atoms with van der Waals surface area (Å²) in [5.41, 5.74) is 3.68. The van der Waals surface area contributed by atoms with Crippen molar-refractivity contribution in [3.05, 3.63) is 65.5 Å². The van der Waals surface area contributed by atoms with E-state index in [9.17, 15) is 0 Å². The summed E-state index contributed by atoms with van der Waals surface area (Å²) in [7, 11) is 0. The molecule has 2 rings (SSSR count). The monoisotopic (exact) mass is 226 g/mol. The maximum Gasteiger partial charge on any atom is 0.0541 e. The van der Waals surface area contributed by atoms with E-state index in [1.165, 1.54) is 11.1 Å². The van der Waals surface area contributed by atoms with E-state index < -0.39 is 0 Å². The van der Waals surface area contributed by atoms with Crippen molar-refractivity contribution in [2.24, 2.45) is 0 Å². The molecule has 0 spiro atoms. The van der Waals surface area contributed by atoms with Crippen LogP contribution in [0.15, 0.2) is 48.7 Å². The molecule has 1 heterocycles. The lowest BCUT2D eigenvalue weighted by Gasteiger charge is -2.14. The molecule has 0 bridgehead atoms. The summed E-state index contributed by atoms with van der Waals surface area (Å²) in [6.45, 7) is 5.08. The van der Waals surface area contributed by atoms with Gasteiger partial charge in [-0.3, -0.25) is 4.98 Å². The number of aromatic nitrogens is 1. The van der Waals surface area contributed by atoms with Crippen LogP contribution in [0.5, 0.6) is 0 Å². The van der Waals surface area contributed by atoms with Gasteiger partial charge >= 0.3 is 0 Å². The molecule has 1 atom stereocenters. The van der Waals surface area contributed by atoms with Gasteiger partial charge in [0, 0.05) is 18.8 Å². The van der Waals surface area contributed by atoms with Crippen molar-refractivity contribution < 1.29 is 0 Å². The smallest absolute Gasteiger partial charge is 0.0541 e. The van der Waals surface area contributed by atoms with Crippen LogP contribution in [0.1, 0.15) is 29.8 Å². The largest absolute Gasteiger partial charge is 0.305 e. The van der Waals surface area contributed by atoms with Crippen molar-refractivity contribution in [3.63, 3.8) is 0 Å². The van der Waals surface area contributed by atoms with Gasteiger partial charge in [-0.2, -0.15) is 0 Å². The molecule has 0 saturated heterocycles. The van der Waals surface area contributed by atoms with Crippen LogP contribution in [0, 0.1) is 6.92 Å². The number of hydrogen-bond donors (Lipinski definition) is 1. The molecule has 0 saturated carbocycles. The highest BCUT2D eigenvalue weighted by Crippen LogP contribution is 2.13. The molecular weight excluding hydrogens is 208 g/mol. The van der Waals surface area contributed by atoms with Crippen molar-refractivity contribution in [2.75, 3.05) is 0 Å². The second-order valence-electron chi connectivity index (χ2n) is 4.33. The van der Waals surface area contributed by atoms with Gasteiger partial charge in [0.05, 0.1) is 5.69 Å². The molecular formula is C15H18N2. The van der Waals surface area contributed by atoms with Crippen molar-refractivity contribution in [1.29, 1.82) is 0 Å². The van der Waals surface area contributed by atoms with E-state index in [4.69, 9.17) is 0 Å². The zero-order valence-corrected chi connectivity index (χ0v) is 10.4. The first-order chi connectivity index (χ1) is 8.25. The number of pyridine rings is 1. The van der Waals surface area contributed by atoms with Gasteiger partial charge in [-0.15, -0.1) is 0 Å². The molecule has 0 radical (unpaired) electrons. The summed E-state index contributed by atoms with van der Waals surface area (Å²) in [6, 6.07) is 15.0. The Balaban J connectivity index is 1.93. The van der Waals surface area contributed by atoms with E-state index in [1.54, 1.807) is 0 Å². The molecule has 2 heteroatoms. The van der Waals surface area contributed by atoms with Gasteiger partial charge in [0.25, 0.3) is 0 Å². The van der Waals surface area contributed by atoms with E-state index in [1.807, 2.05) is 24.4 Å². The molecule has 0 unspecified atom stereocenters. The Bertz CT molecular complexity index is 448. The SMILES string of the molecule is Cc1ccc([C@@H](C)NCc2ccccn2)cc1. The standard InChI is InChI=1S/C15H18N2/c1-12-6-8-14(9-7-12)13(2)17-11-15-5-3-4-10-16-15/h3-10,13,17H,11H2,1-2H3/t13-/m1/s1. The molecule has 88 valence electrons. The second-order valence-corrected chi connectivity index (χ2v) is 4.33. The second kappa shape index (κ2) is 5.60. The lowest BCUT2D eigenvalue weighted by Crippen LogP contribution is -2.18. The van der Waals surface area contributed by atoms with Gasteiger partial charge in [-0.25, -0.2) is 0 Å². The van der Waals surface area contributed by atoms with Crippen LogP contribution in [-0.2, 0) is 6.54 Å². The fourth-order valence-corrected chi connectivity index (χ4v) is 1.73. The number of hydrogen-bond acceptors (Lipinski definition) is 2. The molecule has 1 aromatic carbocycles. The van der Waals surface area contributed by atoms with Crippen LogP contribution < -0.4 is 5.32 Å². The minimum atomic E-state index is 0.345. The molecule has 1 aromatic heterocycles. The Kier molecular flexibility index (Phi) is 3.89. The number of aryl methyl sites for hydroxylation is 1. The third-order valence-electron chi connectivity index (χ3n) is 2.89. The van der Waals surface area contributed by atoms with Crippen molar-refractivity contribution in [3.8, 4) is 0 Å². The lowest BCUT2D eigenvalue weighted by atomic mass is 10.1. The van der Waals surface area contributed by atoms with Gasteiger partial charge in [0.15, 0.2) is 0 Å². The fraction of sp³-hybridized carbons (Fsp3) is 0.267. The third-order valence-corrected chi connectivity index (χ3v) is 2.89. The first-order valence-electron chi connectivity index (χ1n) is 5.95. The predicted molar refractivity (Wildman–Crippen MR) is 70.7 cm³/mol. The van der Waals surface area contributed by atoms with Gasteiger partial charge in [-0.05, 0) is 31.5 Å². The van der Waals surface area contributed by atoms with Crippen LogP contribution in [0.4, 0.5) is 0 Å². The minimum absolute atomic E-state index is 0.345. The maximum absolute atomic E-state index is 4.30. The van der Waals surface area contributed by atoms with Gasteiger partial charge in [0.1, 0.15) is 0 Å². The summed E-state index contributed by atoms with van der Waals surface area (Å²) in [4.78, 5) is 4.30. The zero-order chi connectivity index (χ0) is 12.1. The highest BCUT2D eigenvalue weighted by Gasteiger charge is 2.04. The fourth-order valence-electron chi connectivity index (χ4n) is 1.73. The first-order valence-corrected chi connectivity index (χ1v) is 5.95. The van der Waals surface area contributed by atoms with Gasteiger partial charge in [0.2, 0.25) is 0 Å². The summed E-state index contributed by atoms with van der Waals surface area (Å²) in [5.74, 6) is 0. The summed E-state index contributed by atoms with van der Waals surface area (Å²) in [6.07, 6.45) is 1.83. The quantitative estimate of drug-likeness (QED) is 0.865. The van der Waals surface area contributed by atoms with E-state index in [-0.39, 0.29) is 0 Å². The Morgan fingerprint density at radius 1 is 1.12 bits per heavy atom. The van der Waals surface area contributed by atoms with Crippen molar-refractivity contribution in [1.82, 2.24) is 10.3 Å². The maximum atomic E-state index is 4.30. The zero-order valence-electron chi connectivity index (χ0n) is 10.4. The van der Waals surface area contributed by atoms with Crippen LogP contribution in [-0.4, -0.2) is 4.98 Å². The molecule has 0 aliphatic rings. The van der Waals surface area contributed by atoms with Gasteiger partial charge < -0.3 is 5.32 Å². The topological polar surface area (TPSA) is 24.9 Å². The summed E-state index contributed by atoms with van der Waals surface area (Å²) in [5, 5.41) is 3.47. The Hall–Kier alpha value is -1.67. The summed E-state index contributed by atoms with van der Waals surface area (Å²) < 4.78 is 0. The molecule has 0 fully saturated rings.